The van der Waals surface area contributed by atoms with Gasteiger partial charge in [0.2, 0.25) is 5.91 Å². The fraction of sp³-hybridized carbons (Fsp3) is 0.214. The van der Waals surface area contributed by atoms with Crippen LogP contribution >= 0.6 is 0 Å². The Morgan fingerprint density at radius 2 is 2.05 bits per heavy atom. The van der Waals surface area contributed by atoms with E-state index in [1.807, 2.05) is 25.1 Å². The van der Waals surface area contributed by atoms with Crippen molar-refractivity contribution < 1.29 is 9.59 Å². The first-order chi connectivity index (χ1) is 9.16. The summed E-state index contributed by atoms with van der Waals surface area (Å²) in [5.74, 6) is -0.231. The Hall–Kier alpha value is -2.43. The van der Waals surface area contributed by atoms with Gasteiger partial charge in [0.25, 0.3) is 0 Å². The van der Waals surface area contributed by atoms with Gasteiger partial charge in [0.05, 0.1) is 11.9 Å². The average molecular weight is 255 g/mol. The molecule has 1 N–H and O–H groups in total. The van der Waals surface area contributed by atoms with Gasteiger partial charge in [-0.2, -0.15) is 0 Å². The zero-order valence-electron chi connectivity index (χ0n) is 10.5. The van der Waals surface area contributed by atoms with Crippen molar-refractivity contribution in [2.75, 3.05) is 11.4 Å². The molecule has 0 atom stereocenters. The monoisotopic (exact) mass is 255 g/mol. The van der Waals surface area contributed by atoms with Gasteiger partial charge < -0.3 is 0 Å². The van der Waals surface area contributed by atoms with Gasteiger partial charge in [0.1, 0.15) is 0 Å². The summed E-state index contributed by atoms with van der Waals surface area (Å²) in [6, 6.07) is 5.54. The summed E-state index contributed by atoms with van der Waals surface area (Å²) in [6.07, 6.45) is 3.77. The van der Waals surface area contributed by atoms with E-state index in [1.54, 1.807) is 17.3 Å². The molecule has 2 aromatic rings. The van der Waals surface area contributed by atoms with Crippen molar-refractivity contribution in [3.8, 4) is 0 Å². The van der Waals surface area contributed by atoms with E-state index in [2.05, 4.69) is 10.3 Å². The molecule has 0 bridgehead atoms. The molecular formula is C14H13N3O2. The largest absolute Gasteiger partial charge is 0.328 e. The maximum absolute atomic E-state index is 11.9. The van der Waals surface area contributed by atoms with E-state index >= 15 is 0 Å². The molecule has 5 nitrogen and oxygen atoms in total. The molecule has 2 heterocycles. The average Bonchev–Trinajstić information content (AvgIpc) is 2.39. The molecule has 96 valence electrons. The number of pyridine rings is 1. The fourth-order valence-electron chi connectivity index (χ4n) is 2.34. The van der Waals surface area contributed by atoms with Gasteiger partial charge in [0, 0.05) is 29.9 Å². The number of imide groups is 1. The van der Waals surface area contributed by atoms with Gasteiger partial charge >= 0.3 is 6.03 Å². The molecule has 1 saturated heterocycles. The molecule has 5 heteroatoms. The summed E-state index contributed by atoms with van der Waals surface area (Å²) in [5.41, 5.74) is 1.85. The van der Waals surface area contributed by atoms with Crippen molar-refractivity contribution in [2.45, 2.75) is 13.3 Å². The molecule has 0 aliphatic carbocycles. The highest BCUT2D eigenvalue weighted by atomic mass is 16.2. The van der Waals surface area contributed by atoms with E-state index < -0.39 is 0 Å². The highest BCUT2D eigenvalue weighted by Crippen LogP contribution is 2.28. The predicted molar refractivity (Wildman–Crippen MR) is 72.0 cm³/mol. The number of fused-ring (bicyclic) bond motifs is 1. The molecule has 0 spiro atoms. The van der Waals surface area contributed by atoms with Gasteiger partial charge in [-0.15, -0.1) is 0 Å². The number of carbonyl (C=O) groups excluding carboxylic acids is 2. The van der Waals surface area contributed by atoms with Crippen LogP contribution in [0.1, 0.15) is 12.0 Å². The first kappa shape index (κ1) is 11.6. The second-order valence-corrected chi connectivity index (χ2v) is 4.58. The van der Waals surface area contributed by atoms with Crippen LogP contribution in [0.25, 0.3) is 10.8 Å². The lowest BCUT2D eigenvalue weighted by molar-refractivity contribution is -0.120. The number of rotatable bonds is 1. The summed E-state index contributed by atoms with van der Waals surface area (Å²) in [4.78, 5) is 28.9. The molecule has 0 saturated carbocycles. The molecule has 0 unspecified atom stereocenters. The standard InChI is InChI=1S/C14H13N3O2/c1-9-3-2-4-10-11(9)7-15-8-12(10)17-6-5-13(18)16-14(17)19/h2-4,7-8H,5-6H2,1H3,(H,16,18,19). The Labute approximate surface area is 110 Å². The number of amides is 3. The van der Waals surface area contributed by atoms with Crippen molar-refractivity contribution in [3.05, 3.63) is 36.2 Å². The van der Waals surface area contributed by atoms with Gasteiger partial charge in [0.15, 0.2) is 0 Å². The summed E-state index contributed by atoms with van der Waals surface area (Å²) in [5, 5.41) is 4.32. The Morgan fingerprint density at radius 3 is 2.84 bits per heavy atom. The maximum Gasteiger partial charge on any atom is 0.328 e. The molecule has 1 aromatic carbocycles. The number of aromatic nitrogens is 1. The van der Waals surface area contributed by atoms with E-state index in [0.29, 0.717) is 13.0 Å². The quantitative estimate of drug-likeness (QED) is 0.847. The van der Waals surface area contributed by atoms with E-state index in [1.165, 1.54) is 0 Å². The van der Waals surface area contributed by atoms with Gasteiger partial charge in [-0.25, -0.2) is 4.79 Å². The first-order valence-corrected chi connectivity index (χ1v) is 6.11. The summed E-state index contributed by atoms with van der Waals surface area (Å²) in [7, 11) is 0. The van der Waals surface area contributed by atoms with Crippen LogP contribution in [0.5, 0.6) is 0 Å². The van der Waals surface area contributed by atoms with E-state index in [-0.39, 0.29) is 11.9 Å². The molecule has 1 aliphatic heterocycles. The number of urea groups is 1. The lowest BCUT2D eigenvalue weighted by Gasteiger charge is -2.27. The Morgan fingerprint density at radius 1 is 1.21 bits per heavy atom. The molecular weight excluding hydrogens is 242 g/mol. The molecule has 1 aliphatic rings. The SMILES string of the molecule is Cc1cccc2c(N3CCC(=O)NC3=O)cncc12. The first-order valence-electron chi connectivity index (χ1n) is 6.11. The molecule has 3 amide bonds. The van der Waals surface area contributed by atoms with E-state index in [9.17, 15) is 9.59 Å². The van der Waals surface area contributed by atoms with Crippen LogP contribution in [0.15, 0.2) is 30.6 Å². The van der Waals surface area contributed by atoms with Crippen LogP contribution in [0.4, 0.5) is 10.5 Å². The van der Waals surface area contributed by atoms with Gasteiger partial charge in [-0.1, -0.05) is 18.2 Å². The number of nitrogens with one attached hydrogen (secondary N) is 1. The Bertz CT molecular complexity index is 681. The topological polar surface area (TPSA) is 62.3 Å². The molecule has 3 rings (SSSR count). The summed E-state index contributed by atoms with van der Waals surface area (Å²) >= 11 is 0. The maximum atomic E-state index is 11.9. The van der Waals surface area contributed by atoms with Gasteiger partial charge in [-0.05, 0) is 12.5 Å². The van der Waals surface area contributed by atoms with Crippen molar-refractivity contribution in [1.82, 2.24) is 10.3 Å². The normalized spacial score (nSPS) is 15.7. The van der Waals surface area contributed by atoms with E-state index in [0.717, 1.165) is 22.0 Å². The molecule has 19 heavy (non-hydrogen) atoms. The van der Waals surface area contributed by atoms with Gasteiger partial charge in [-0.3, -0.25) is 20.0 Å². The second-order valence-electron chi connectivity index (χ2n) is 4.58. The Balaban J connectivity index is 2.13. The zero-order valence-corrected chi connectivity index (χ0v) is 10.5. The van der Waals surface area contributed by atoms with Crippen molar-refractivity contribution in [1.29, 1.82) is 0 Å². The van der Waals surface area contributed by atoms with Crippen molar-refractivity contribution in [2.24, 2.45) is 0 Å². The van der Waals surface area contributed by atoms with Crippen LogP contribution in [-0.2, 0) is 4.79 Å². The number of aryl methyl sites for hydroxylation is 1. The number of nitrogens with zero attached hydrogens (tertiary/aromatic N) is 2. The lowest BCUT2D eigenvalue weighted by atomic mass is 10.1. The minimum absolute atomic E-state index is 0.231. The number of hydrogen-bond acceptors (Lipinski definition) is 3. The van der Waals surface area contributed by atoms with Crippen molar-refractivity contribution in [3.63, 3.8) is 0 Å². The number of carbonyl (C=O) groups is 2. The number of anilines is 1. The molecule has 1 aromatic heterocycles. The Kier molecular flexibility index (Phi) is 2.67. The third kappa shape index (κ3) is 1.93. The minimum atomic E-state index is -0.382. The number of hydrogen-bond donors (Lipinski definition) is 1. The lowest BCUT2D eigenvalue weighted by Crippen LogP contribution is -2.49. The summed E-state index contributed by atoms with van der Waals surface area (Å²) in [6.45, 7) is 2.40. The highest BCUT2D eigenvalue weighted by Gasteiger charge is 2.25. The predicted octanol–water partition coefficient (Wildman–Crippen LogP) is 1.99. The number of benzene rings is 1. The third-order valence-corrected chi connectivity index (χ3v) is 3.35. The third-order valence-electron chi connectivity index (χ3n) is 3.35. The van der Waals surface area contributed by atoms with Crippen LogP contribution < -0.4 is 10.2 Å². The second kappa shape index (κ2) is 4.35. The van der Waals surface area contributed by atoms with Crippen LogP contribution in [-0.4, -0.2) is 23.5 Å². The fourth-order valence-corrected chi connectivity index (χ4v) is 2.34. The van der Waals surface area contributed by atoms with Crippen molar-refractivity contribution >= 4 is 28.4 Å². The van der Waals surface area contributed by atoms with E-state index in [4.69, 9.17) is 0 Å². The molecule has 0 radical (unpaired) electrons. The minimum Gasteiger partial charge on any atom is -0.291 e. The summed E-state index contributed by atoms with van der Waals surface area (Å²) < 4.78 is 0. The highest BCUT2D eigenvalue weighted by molar-refractivity contribution is 6.09. The zero-order chi connectivity index (χ0) is 13.4. The van der Waals surface area contributed by atoms with Crippen LogP contribution in [0.2, 0.25) is 0 Å². The molecule has 1 fully saturated rings. The smallest absolute Gasteiger partial charge is 0.291 e. The van der Waals surface area contributed by atoms with Crippen LogP contribution in [0.3, 0.4) is 0 Å². The van der Waals surface area contributed by atoms with Crippen LogP contribution in [0, 0.1) is 6.92 Å².